The van der Waals surface area contributed by atoms with Gasteiger partial charge in [0.1, 0.15) is 0 Å². The Morgan fingerprint density at radius 1 is 1.35 bits per heavy atom. The van der Waals surface area contributed by atoms with Gasteiger partial charge in [0.2, 0.25) is 10.0 Å². The number of benzene rings is 1. The maximum atomic E-state index is 11.7. The smallest absolute Gasteiger partial charge is 0.241 e. The van der Waals surface area contributed by atoms with E-state index in [0.717, 1.165) is 18.5 Å². The van der Waals surface area contributed by atoms with Gasteiger partial charge >= 0.3 is 0 Å². The summed E-state index contributed by atoms with van der Waals surface area (Å²) in [5.41, 5.74) is 0.954. The summed E-state index contributed by atoms with van der Waals surface area (Å²) in [6, 6.07) is 5.34. The average Bonchev–Trinajstić information content (AvgIpc) is 2.31. The number of hydrogen-bond acceptors (Lipinski definition) is 3. The quantitative estimate of drug-likeness (QED) is 0.786. The largest absolute Gasteiger partial charge is 0.313 e. The molecule has 4 nitrogen and oxygen atoms in total. The van der Waals surface area contributed by atoms with Crippen LogP contribution in [-0.4, -0.2) is 22.0 Å². The van der Waals surface area contributed by atoms with Gasteiger partial charge in [-0.3, -0.25) is 0 Å². The van der Waals surface area contributed by atoms with Crippen LogP contribution in [0.3, 0.4) is 0 Å². The Morgan fingerprint density at radius 2 is 2.06 bits per heavy atom. The first kappa shape index (κ1) is 14.6. The van der Waals surface area contributed by atoms with Crippen LogP contribution in [-0.2, 0) is 16.6 Å². The molecule has 96 valence electrons. The molecule has 0 atom stereocenters. The zero-order valence-corrected chi connectivity index (χ0v) is 12.4. The van der Waals surface area contributed by atoms with Gasteiger partial charge in [0.15, 0.2) is 0 Å². The minimum atomic E-state index is -3.41. The molecular formula is C11H17BrN2O2S. The van der Waals surface area contributed by atoms with E-state index < -0.39 is 10.0 Å². The lowest BCUT2D eigenvalue weighted by Crippen LogP contribution is -2.20. The van der Waals surface area contributed by atoms with Crippen LogP contribution in [0.4, 0.5) is 0 Å². The maximum Gasteiger partial charge on any atom is 0.241 e. The van der Waals surface area contributed by atoms with Gasteiger partial charge in [-0.15, -0.1) is 0 Å². The van der Waals surface area contributed by atoms with Crippen molar-refractivity contribution in [3.05, 3.63) is 28.2 Å². The van der Waals surface area contributed by atoms with Crippen molar-refractivity contribution in [1.82, 2.24) is 10.0 Å². The molecule has 0 fully saturated rings. The van der Waals surface area contributed by atoms with Crippen LogP contribution in [0.25, 0.3) is 0 Å². The maximum absolute atomic E-state index is 11.7. The van der Waals surface area contributed by atoms with Crippen molar-refractivity contribution >= 4 is 26.0 Å². The van der Waals surface area contributed by atoms with Crippen LogP contribution in [0, 0.1) is 0 Å². The molecule has 0 unspecified atom stereocenters. The van der Waals surface area contributed by atoms with Gasteiger partial charge in [0, 0.05) is 11.0 Å². The van der Waals surface area contributed by atoms with Crippen molar-refractivity contribution in [2.75, 3.05) is 13.6 Å². The van der Waals surface area contributed by atoms with Gasteiger partial charge in [-0.25, -0.2) is 13.1 Å². The Balaban J connectivity index is 2.95. The molecule has 0 radical (unpaired) electrons. The van der Waals surface area contributed by atoms with Gasteiger partial charge < -0.3 is 5.32 Å². The summed E-state index contributed by atoms with van der Waals surface area (Å²) in [6.07, 6.45) is 1.05. The fourth-order valence-corrected chi connectivity index (χ4v) is 3.12. The SMILES string of the molecule is CCCNCc1ccc(Br)c(S(=O)(=O)NC)c1. The molecule has 2 N–H and O–H groups in total. The first-order valence-electron chi connectivity index (χ1n) is 5.44. The van der Waals surface area contributed by atoms with Crippen molar-refractivity contribution in [2.24, 2.45) is 0 Å². The highest BCUT2D eigenvalue weighted by molar-refractivity contribution is 9.10. The van der Waals surface area contributed by atoms with Crippen LogP contribution in [0.1, 0.15) is 18.9 Å². The molecule has 0 aliphatic rings. The molecule has 0 saturated carbocycles. The lowest BCUT2D eigenvalue weighted by atomic mass is 10.2. The highest BCUT2D eigenvalue weighted by Crippen LogP contribution is 2.22. The van der Waals surface area contributed by atoms with Gasteiger partial charge in [-0.1, -0.05) is 13.0 Å². The van der Waals surface area contributed by atoms with Crippen molar-refractivity contribution in [1.29, 1.82) is 0 Å². The Morgan fingerprint density at radius 3 is 2.65 bits per heavy atom. The average molecular weight is 321 g/mol. The van der Waals surface area contributed by atoms with Crippen molar-refractivity contribution < 1.29 is 8.42 Å². The molecule has 0 amide bonds. The summed E-state index contributed by atoms with van der Waals surface area (Å²) >= 11 is 3.25. The molecular weight excluding hydrogens is 304 g/mol. The van der Waals surface area contributed by atoms with E-state index in [4.69, 9.17) is 0 Å². The summed E-state index contributed by atoms with van der Waals surface area (Å²) in [5.74, 6) is 0. The fourth-order valence-electron chi connectivity index (χ4n) is 1.38. The fraction of sp³-hybridized carbons (Fsp3) is 0.455. The van der Waals surface area contributed by atoms with Crippen LogP contribution < -0.4 is 10.0 Å². The van der Waals surface area contributed by atoms with E-state index >= 15 is 0 Å². The molecule has 0 heterocycles. The van der Waals surface area contributed by atoms with Crippen molar-refractivity contribution in [3.8, 4) is 0 Å². The van der Waals surface area contributed by atoms with E-state index in [-0.39, 0.29) is 4.90 Å². The number of hydrogen-bond donors (Lipinski definition) is 2. The topological polar surface area (TPSA) is 58.2 Å². The Hall–Kier alpha value is -0.430. The molecule has 0 aromatic heterocycles. The highest BCUT2D eigenvalue weighted by Gasteiger charge is 2.15. The minimum Gasteiger partial charge on any atom is -0.313 e. The van der Waals surface area contributed by atoms with Crippen LogP contribution in [0.5, 0.6) is 0 Å². The van der Waals surface area contributed by atoms with E-state index in [9.17, 15) is 8.42 Å². The van der Waals surface area contributed by atoms with Crippen molar-refractivity contribution in [3.63, 3.8) is 0 Å². The minimum absolute atomic E-state index is 0.274. The zero-order chi connectivity index (χ0) is 12.9. The number of sulfonamides is 1. The Kier molecular flexibility index (Phi) is 5.58. The second-order valence-electron chi connectivity index (χ2n) is 3.65. The zero-order valence-electron chi connectivity index (χ0n) is 9.96. The molecule has 0 bridgehead atoms. The third-order valence-corrected chi connectivity index (χ3v) is 4.72. The predicted octanol–water partition coefficient (Wildman–Crippen LogP) is 1.86. The predicted molar refractivity (Wildman–Crippen MR) is 72.4 cm³/mol. The lowest BCUT2D eigenvalue weighted by molar-refractivity contribution is 0.587. The summed E-state index contributed by atoms with van der Waals surface area (Å²) < 4.78 is 26.4. The summed E-state index contributed by atoms with van der Waals surface area (Å²) in [6.45, 7) is 3.68. The van der Waals surface area contributed by atoms with Crippen molar-refractivity contribution in [2.45, 2.75) is 24.8 Å². The second kappa shape index (κ2) is 6.49. The Labute approximate surface area is 111 Å². The summed E-state index contributed by atoms with van der Waals surface area (Å²) in [7, 11) is -2.00. The van der Waals surface area contributed by atoms with E-state index in [0.29, 0.717) is 11.0 Å². The summed E-state index contributed by atoms with van der Waals surface area (Å²) in [5, 5.41) is 3.24. The highest BCUT2D eigenvalue weighted by atomic mass is 79.9. The van der Waals surface area contributed by atoms with Gasteiger partial charge in [-0.2, -0.15) is 0 Å². The molecule has 6 heteroatoms. The van der Waals surface area contributed by atoms with Crippen LogP contribution in [0.15, 0.2) is 27.6 Å². The molecule has 0 aliphatic carbocycles. The first-order valence-corrected chi connectivity index (χ1v) is 7.71. The lowest BCUT2D eigenvalue weighted by Gasteiger charge is -2.08. The molecule has 1 aromatic rings. The van der Waals surface area contributed by atoms with Gasteiger partial charge in [-0.05, 0) is 53.6 Å². The molecule has 0 spiro atoms. The molecule has 1 aromatic carbocycles. The first-order chi connectivity index (χ1) is 8.01. The third-order valence-electron chi connectivity index (χ3n) is 2.31. The molecule has 0 saturated heterocycles. The standard InChI is InChI=1S/C11H17BrN2O2S/c1-3-6-14-8-9-4-5-10(12)11(7-9)17(15,16)13-2/h4-5,7,13-14H,3,6,8H2,1-2H3. The Bertz CT molecular complexity index is 474. The molecule has 17 heavy (non-hydrogen) atoms. The second-order valence-corrected chi connectivity index (χ2v) is 6.36. The number of rotatable bonds is 6. The summed E-state index contributed by atoms with van der Waals surface area (Å²) in [4.78, 5) is 0.274. The third kappa shape index (κ3) is 4.06. The van der Waals surface area contributed by atoms with E-state index in [2.05, 4.69) is 32.9 Å². The molecule has 0 aliphatic heterocycles. The normalized spacial score (nSPS) is 11.7. The van der Waals surface area contributed by atoms with E-state index in [1.807, 2.05) is 6.07 Å². The van der Waals surface area contributed by atoms with Gasteiger partial charge in [0.25, 0.3) is 0 Å². The van der Waals surface area contributed by atoms with Crippen LogP contribution in [0.2, 0.25) is 0 Å². The van der Waals surface area contributed by atoms with Crippen LogP contribution >= 0.6 is 15.9 Å². The van der Waals surface area contributed by atoms with E-state index in [1.165, 1.54) is 7.05 Å². The molecule has 1 rings (SSSR count). The number of nitrogens with one attached hydrogen (secondary N) is 2. The number of halogens is 1. The monoisotopic (exact) mass is 320 g/mol. The van der Waals surface area contributed by atoms with E-state index in [1.54, 1.807) is 12.1 Å². The van der Waals surface area contributed by atoms with Gasteiger partial charge in [0.05, 0.1) is 4.90 Å².